The van der Waals surface area contributed by atoms with Crippen LogP contribution in [0, 0.1) is 11.8 Å². The first-order chi connectivity index (χ1) is 29.3. The second-order valence-corrected chi connectivity index (χ2v) is 18.2. The average Bonchev–Trinajstić information content (AvgIpc) is 3.22. The average molecular weight is 867 g/mol. The van der Waals surface area contributed by atoms with Crippen molar-refractivity contribution in [3.8, 4) is 0 Å². The van der Waals surface area contributed by atoms with Gasteiger partial charge in [0, 0.05) is 65.0 Å². The molecule has 0 aromatic rings. The zero-order chi connectivity index (χ0) is 45.4. The zero-order valence-electron chi connectivity index (χ0n) is 40.4. The maximum absolute atomic E-state index is 12.7. The van der Waals surface area contributed by atoms with Crippen molar-refractivity contribution in [3.05, 3.63) is 0 Å². The van der Waals surface area contributed by atoms with Gasteiger partial charge in [-0.3, -0.25) is 19.2 Å². The van der Waals surface area contributed by atoms with Gasteiger partial charge in [0.1, 0.15) is 5.60 Å². The van der Waals surface area contributed by atoms with Crippen LogP contribution in [-0.4, -0.2) is 92.8 Å². The second kappa shape index (κ2) is 39.9. The van der Waals surface area contributed by atoms with Crippen molar-refractivity contribution >= 4 is 29.8 Å². The van der Waals surface area contributed by atoms with Crippen LogP contribution in [0.1, 0.15) is 215 Å². The Balaban J connectivity index is 4.53. The van der Waals surface area contributed by atoms with Crippen molar-refractivity contribution in [2.24, 2.45) is 11.8 Å². The topological polar surface area (TPSA) is 152 Å². The lowest BCUT2D eigenvalue weighted by molar-refractivity contribution is -0.146. The molecule has 0 aromatic heterocycles. The second-order valence-electron chi connectivity index (χ2n) is 18.2. The van der Waals surface area contributed by atoms with E-state index in [0.29, 0.717) is 77.2 Å². The number of rotatable bonds is 41. The van der Waals surface area contributed by atoms with Crippen molar-refractivity contribution in [1.82, 2.24) is 20.9 Å². The van der Waals surface area contributed by atoms with Crippen molar-refractivity contribution in [2.75, 3.05) is 52.5 Å². The summed E-state index contributed by atoms with van der Waals surface area (Å²) in [6.07, 6.45) is 24.5. The van der Waals surface area contributed by atoms with Crippen LogP contribution in [-0.2, 0) is 33.4 Å². The van der Waals surface area contributed by atoms with Gasteiger partial charge in [0.2, 0.25) is 11.8 Å². The molecule has 3 amide bonds. The number of hydrogen-bond donors (Lipinski definition) is 3. The Hall–Kier alpha value is -2.89. The van der Waals surface area contributed by atoms with Crippen LogP contribution in [0.25, 0.3) is 0 Å². The standard InChI is InChI=1S/C49H94N4O8/c1-8-12-16-20-28-42(26-14-10-3)40-59-46(56)30-22-18-24-34-50-44(54)32-37-53(39-36-52-48(58)61-49(5,6)7)38-33-45(55)51-35-25-19-23-31-47(57)60-41-43(27-15-11-4)29-21-17-13-9-2/h42-43H,8-41H2,1-7H3,(H,50,54)(H,51,55)(H,52,58). The molecule has 0 fully saturated rings. The zero-order valence-corrected chi connectivity index (χ0v) is 40.4. The lowest BCUT2D eigenvalue weighted by Gasteiger charge is -2.23. The van der Waals surface area contributed by atoms with Gasteiger partial charge in [0.25, 0.3) is 0 Å². The fraction of sp³-hybridized carbons (Fsp3) is 0.898. The summed E-state index contributed by atoms with van der Waals surface area (Å²) in [7, 11) is 0. The smallest absolute Gasteiger partial charge is 0.407 e. The summed E-state index contributed by atoms with van der Waals surface area (Å²) in [5, 5.41) is 8.73. The Bertz CT molecular complexity index is 1050. The van der Waals surface area contributed by atoms with Crippen molar-refractivity contribution in [3.63, 3.8) is 0 Å². The minimum Gasteiger partial charge on any atom is -0.465 e. The number of esters is 2. The Labute approximate surface area is 373 Å². The molecule has 0 radical (unpaired) electrons. The molecule has 0 aliphatic heterocycles. The Kier molecular flexibility index (Phi) is 38.0. The summed E-state index contributed by atoms with van der Waals surface area (Å²) in [6, 6.07) is 0. The highest BCUT2D eigenvalue weighted by Gasteiger charge is 2.18. The number of alkyl carbamates (subject to hydrolysis) is 1. The van der Waals surface area contributed by atoms with E-state index in [1.807, 2.05) is 4.90 Å². The van der Waals surface area contributed by atoms with Crippen LogP contribution in [0.2, 0.25) is 0 Å². The molecule has 12 heteroatoms. The molecule has 2 atom stereocenters. The maximum Gasteiger partial charge on any atom is 0.407 e. The number of carbonyl (C=O) groups is 5. The molecule has 358 valence electrons. The largest absolute Gasteiger partial charge is 0.465 e. The normalized spacial score (nSPS) is 12.5. The molecule has 0 spiro atoms. The number of amides is 3. The molecule has 0 rings (SSSR count). The van der Waals surface area contributed by atoms with Crippen LogP contribution >= 0.6 is 0 Å². The summed E-state index contributed by atoms with van der Waals surface area (Å²) < 4.78 is 16.6. The van der Waals surface area contributed by atoms with E-state index in [1.165, 1.54) is 64.2 Å². The number of ether oxygens (including phenoxy) is 3. The van der Waals surface area contributed by atoms with Gasteiger partial charge in [0.05, 0.1) is 13.2 Å². The Morgan fingerprint density at radius 2 is 0.869 bits per heavy atom. The molecule has 3 N–H and O–H groups in total. The van der Waals surface area contributed by atoms with Gasteiger partial charge in [-0.05, 0) is 84.0 Å². The lowest BCUT2D eigenvalue weighted by Crippen LogP contribution is -2.40. The van der Waals surface area contributed by atoms with E-state index in [0.717, 1.165) is 77.0 Å². The van der Waals surface area contributed by atoms with Gasteiger partial charge in [-0.15, -0.1) is 0 Å². The van der Waals surface area contributed by atoms with E-state index in [-0.39, 0.29) is 36.6 Å². The molecule has 12 nitrogen and oxygen atoms in total. The molecule has 0 bridgehead atoms. The molecule has 0 aromatic carbocycles. The van der Waals surface area contributed by atoms with Gasteiger partial charge in [-0.1, -0.05) is 118 Å². The van der Waals surface area contributed by atoms with E-state index in [2.05, 4.69) is 43.6 Å². The summed E-state index contributed by atoms with van der Waals surface area (Å²) in [5.74, 6) is 0.510. The van der Waals surface area contributed by atoms with E-state index in [9.17, 15) is 24.0 Å². The van der Waals surface area contributed by atoms with Gasteiger partial charge in [-0.25, -0.2) is 4.79 Å². The van der Waals surface area contributed by atoms with Crippen LogP contribution < -0.4 is 16.0 Å². The molecule has 0 saturated carbocycles. The quantitative estimate of drug-likeness (QED) is 0.0310. The highest BCUT2D eigenvalue weighted by molar-refractivity contribution is 5.76. The van der Waals surface area contributed by atoms with Crippen LogP contribution in [0.5, 0.6) is 0 Å². The third kappa shape index (κ3) is 39.7. The van der Waals surface area contributed by atoms with E-state index in [1.54, 1.807) is 20.8 Å². The van der Waals surface area contributed by atoms with Gasteiger partial charge < -0.3 is 35.1 Å². The highest BCUT2D eigenvalue weighted by atomic mass is 16.6. The van der Waals surface area contributed by atoms with E-state index in [4.69, 9.17) is 14.2 Å². The monoisotopic (exact) mass is 867 g/mol. The van der Waals surface area contributed by atoms with Crippen LogP contribution in [0.15, 0.2) is 0 Å². The third-order valence-corrected chi connectivity index (χ3v) is 11.0. The molecule has 0 saturated heterocycles. The third-order valence-electron chi connectivity index (χ3n) is 11.0. The number of nitrogens with one attached hydrogen (secondary N) is 3. The fourth-order valence-electron chi connectivity index (χ4n) is 7.15. The molecule has 2 unspecified atom stereocenters. The van der Waals surface area contributed by atoms with Crippen LogP contribution in [0.4, 0.5) is 4.79 Å². The number of unbranched alkanes of at least 4 members (excludes halogenated alkanes) is 12. The number of hydrogen-bond acceptors (Lipinski definition) is 9. The molecule has 61 heavy (non-hydrogen) atoms. The molecular formula is C49H94N4O8. The van der Waals surface area contributed by atoms with E-state index >= 15 is 0 Å². The molecule has 0 aliphatic carbocycles. The predicted molar refractivity (Wildman–Crippen MR) is 248 cm³/mol. The first-order valence-corrected chi connectivity index (χ1v) is 24.9. The van der Waals surface area contributed by atoms with Gasteiger partial charge >= 0.3 is 18.0 Å². The van der Waals surface area contributed by atoms with Crippen LogP contribution in [0.3, 0.4) is 0 Å². The Morgan fingerprint density at radius 3 is 1.28 bits per heavy atom. The minimum absolute atomic E-state index is 0.0754. The van der Waals surface area contributed by atoms with E-state index < -0.39 is 11.7 Å². The number of carbonyl (C=O) groups excluding carboxylic acids is 5. The Morgan fingerprint density at radius 1 is 0.459 bits per heavy atom. The van der Waals surface area contributed by atoms with Crippen molar-refractivity contribution < 1.29 is 38.2 Å². The fourth-order valence-corrected chi connectivity index (χ4v) is 7.15. The summed E-state index contributed by atoms with van der Waals surface area (Å²) >= 11 is 0. The highest BCUT2D eigenvalue weighted by Crippen LogP contribution is 2.20. The van der Waals surface area contributed by atoms with Crippen molar-refractivity contribution in [1.29, 1.82) is 0 Å². The number of nitrogens with zero attached hydrogens (tertiary/aromatic N) is 1. The summed E-state index contributed by atoms with van der Waals surface area (Å²) in [6.45, 7) is 18.0. The molecular weight excluding hydrogens is 773 g/mol. The minimum atomic E-state index is -0.609. The summed E-state index contributed by atoms with van der Waals surface area (Å²) in [5.41, 5.74) is -0.609. The SMILES string of the molecule is CCCCCCC(CCCC)COC(=O)CCCCCNC(=O)CCN(CCNC(=O)OC(C)(C)C)CCC(=O)NCCCCCC(=O)OCC(CCCC)CCCCCC. The van der Waals surface area contributed by atoms with Crippen molar-refractivity contribution in [2.45, 2.75) is 221 Å². The van der Waals surface area contributed by atoms with Gasteiger partial charge in [-0.2, -0.15) is 0 Å². The maximum atomic E-state index is 12.7. The lowest BCUT2D eigenvalue weighted by atomic mass is 9.96. The first kappa shape index (κ1) is 58.1. The molecule has 0 aliphatic rings. The van der Waals surface area contributed by atoms with Gasteiger partial charge in [0.15, 0.2) is 0 Å². The first-order valence-electron chi connectivity index (χ1n) is 24.9. The predicted octanol–water partition coefficient (Wildman–Crippen LogP) is 10.6. The summed E-state index contributed by atoms with van der Waals surface area (Å²) in [4.78, 5) is 64.4. The molecule has 0 heterocycles.